The summed E-state index contributed by atoms with van der Waals surface area (Å²) < 4.78 is 13.5. The van der Waals surface area contributed by atoms with E-state index in [1.54, 1.807) is 18.0 Å². The predicted octanol–water partition coefficient (Wildman–Crippen LogP) is 2.09. The van der Waals surface area contributed by atoms with E-state index in [0.29, 0.717) is 12.5 Å². The third-order valence-corrected chi connectivity index (χ3v) is 5.30. The van der Waals surface area contributed by atoms with E-state index in [2.05, 4.69) is 36.3 Å². The standard InChI is InChI=1S/C21H21N2O2S.Cs/c1-16-12-21(25-14-16)26-20-5-2-4-19(13-20)24-15-17-6-8-18(9-7-17)23-11-3-10-22-23;/h2-11,13-14,16,21H,12,15H2,1H3;/q-1;+1/t16-,21?;/m1./s1. The minimum Gasteiger partial charge on any atom is -0.542 e. The quantitative estimate of drug-likeness (QED) is 0.488. The first kappa shape index (κ1) is 21.5. The van der Waals surface area contributed by atoms with Crippen molar-refractivity contribution in [3.05, 3.63) is 79.2 Å². The van der Waals surface area contributed by atoms with Crippen LogP contribution in [0.1, 0.15) is 18.9 Å². The first-order chi connectivity index (χ1) is 12.8. The van der Waals surface area contributed by atoms with Crippen LogP contribution in [0, 0.1) is 12.5 Å². The number of benzene rings is 2. The molecule has 4 rings (SSSR count). The number of rotatable bonds is 6. The molecule has 2 aromatic carbocycles. The summed E-state index contributed by atoms with van der Waals surface area (Å²) in [5, 5.41) is 4.24. The molecule has 134 valence electrons. The molecule has 1 aliphatic heterocycles. The van der Waals surface area contributed by atoms with Crippen molar-refractivity contribution < 1.29 is 78.4 Å². The average molecular weight is 498 g/mol. The monoisotopic (exact) mass is 498 g/mol. The van der Waals surface area contributed by atoms with E-state index in [0.717, 1.165) is 23.4 Å². The van der Waals surface area contributed by atoms with E-state index in [1.165, 1.54) is 4.90 Å². The summed E-state index contributed by atoms with van der Waals surface area (Å²) in [5.41, 5.74) is 2.37. The molecule has 0 amide bonds. The molecule has 0 radical (unpaired) electrons. The zero-order valence-corrected chi connectivity index (χ0v) is 22.7. The summed E-state index contributed by atoms with van der Waals surface area (Å²) in [6, 6.07) is 18.3. The molecule has 6 heteroatoms. The molecule has 0 saturated carbocycles. The normalized spacial score (nSPS) is 18.9. The first-order valence-electron chi connectivity index (χ1n) is 8.73. The van der Waals surface area contributed by atoms with Crippen molar-refractivity contribution in [2.24, 2.45) is 5.92 Å². The Hall–Kier alpha value is -0.188. The fourth-order valence-corrected chi connectivity index (χ4v) is 4.00. The number of hydrogen-bond acceptors (Lipinski definition) is 4. The van der Waals surface area contributed by atoms with Crippen molar-refractivity contribution in [2.45, 2.75) is 30.3 Å². The van der Waals surface area contributed by atoms with E-state index in [9.17, 15) is 0 Å². The van der Waals surface area contributed by atoms with Crippen LogP contribution in [0.5, 0.6) is 5.75 Å². The van der Waals surface area contributed by atoms with Gasteiger partial charge in [0, 0.05) is 17.3 Å². The van der Waals surface area contributed by atoms with Gasteiger partial charge in [0.2, 0.25) is 0 Å². The van der Waals surface area contributed by atoms with Gasteiger partial charge < -0.3 is 9.47 Å². The molecule has 4 nitrogen and oxygen atoms in total. The molecule has 1 saturated heterocycles. The summed E-state index contributed by atoms with van der Waals surface area (Å²) in [5.74, 6) is 1.40. The second-order valence-electron chi connectivity index (χ2n) is 6.41. The van der Waals surface area contributed by atoms with Crippen LogP contribution in [0.2, 0.25) is 0 Å². The maximum atomic E-state index is 5.96. The Labute approximate surface area is 223 Å². The first-order valence-corrected chi connectivity index (χ1v) is 9.61. The van der Waals surface area contributed by atoms with Crippen molar-refractivity contribution >= 4 is 11.8 Å². The Morgan fingerprint density at radius 1 is 1.22 bits per heavy atom. The van der Waals surface area contributed by atoms with Crippen molar-refractivity contribution in [1.82, 2.24) is 9.78 Å². The van der Waals surface area contributed by atoms with Crippen LogP contribution in [0.25, 0.3) is 5.69 Å². The van der Waals surface area contributed by atoms with Crippen molar-refractivity contribution in [2.75, 3.05) is 0 Å². The van der Waals surface area contributed by atoms with Gasteiger partial charge in [0.05, 0.1) is 11.1 Å². The Kier molecular flexibility index (Phi) is 8.41. The summed E-state index contributed by atoms with van der Waals surface area (Å²) in [4.78, 5) is 1.17. The molecule has 2 heterocycles. The number of nitrogens with zero attached hydrogens (tertiary/aromatic N) is 2. The number of ether oxygens (including phenoxy) is 2. The van der Waals surface area contributed by atoms with Crippen LogP contribution in [0.3, 0.4) is 0 Å². The van der Waals surface area contributed by atoms with Crippen LogP contribution < -0.4 is 73.6 Å². The average Bonchev–Trinajstić information content (AvgIpc) is 3.33. The van der Waals surface area contributed by atoms with Crippen molar-refractivity contribution in [3.8, 4) is 11.4 Å². The zero-order valence-electron chi connectivity index (χ0n) is 15.6. The van der Waals surface area contributed by atoms with Crippen LogP contribution in [0.15, 0.2) is 71.9 Å². The van der Waals surface area contributed by atoms with E-state index in [1.807, 2.05) is 47.8 Å². The third-order valence-electron chi connectivity index (χ3n) is 4.21. The molecular weight excluding hydrogens is 477 g/mol. The number of hydrogen-bond donors (Lipinski definition) is 0. The van der Waals surface area contributed by atoms with E-state index in [-0.39, 0.29) is 74.3 Å². The van der Waals surface area contributed by atoms with Gasteiger partial charge in [-0.3, -0.25) is 0 Å². The summed E-state index contributed by atoms with van der Waals surface area (Å²) in [7, 11) is 0. The Morgan fingerprint density at radius 2 is 2.07 bits per heavy atom. The second-order valence-corrected chi connectivity index (χ2v) is 7.65. The fraction of sp³-hybridized carbons (Fsp3) is 0.238. The van der Waals surface area contributed by atoms with Gasteiger partial charge >= 0.3 is 68.9 Å². The van der Waals surface area contributed by atoms with Gasteiger partial charge in [-0.1, -0.05) is 36.9 Å². The fourth-order valence-electron chi connectivity index (χ4n) is 2.83. The van der Waals surface area contributed by atoms with Crippen LogP contribution >= 0.6 is 11.8 Å². The SMILES string of the molecule is C[C@H]1[CH-]OC(Sc2cccc(OCc3ccc(-n4cccn4)cc3)c2)C1.[Cs+]. The molecule has 0 N–H and O–H groups in total. The largest absolute Gasteiger partial charge is 1.00 e. The predicted molar refractivity (Wildman–Crippen MR) is 103 cm³/mol. The molecule has 2 atom stereocenters. The third kappa shape index (κ3) is 6.14. The Bertz CT molecular complexity index is 840. The van der Waals surface area contributed by atoms with Gasteiger partial charge in [0.1, 0.15) is 12.4 Å². The molecule has 1 aliphatic rings. The van der Waals surface area contributed by atoms with E-state index < -0.39 is 0 Å². The second kappa shape index (κ2) is 10.5. The summed E-state index contributed by atoms with van der Waals surface area (Å²) >= 11 is 1.75. The summed E-state index contributed by atoms with van der Waals surface area (Å²) in [6.45, 7) is 4.65. The minimum absolute atomic E-state index is 0. The summed E-state index contributed by atoms with van der Waals surface area (Å²) in [6.07, 6.45) is 4.76. The van der Waals surface area contributed by atoms with Gasteiger partial charge in [-0.25, -0.2) is 11.3 Å². The van der Waals surface area contributed by atoms with E-state index >= 15 is 0 Å². The maximum Gasteiger partial charge on any atom is 1.00 e. The molecule has 0 spiro atoms. The Morgan fingerprint density at radius 3 is 2.78 bits per heavy atom. The van der Waals surface area contributed by atoms with Gasteiger partial charge in [-0.2, -0.15) is 5.10 Å². The topological polar surface area (TPSA) is 36.3 Å². The number of aromatic nitrogens is 2. The molecule has 0 bridgehead atoms. The number of thioether (sulfide) groups is 1. The molecule has 0 aliphatic carbocycles. The minimum atomic E-state index is 0. The van der Waals surface area contributed by atoms with Gasteiger partial charge in [-0.15, -0.1) is 5.92 Å². The maximum absolute atomic E-state index is 5.96. The van der Waals surface area contributed by atoms with Crippen LogP contribution in [-0.4, -0.2) is 15.2 Å². The Balaban J connectivity index is 0.00000210. The molecule has 1 unspecified atom stereocenters. The van der Waals surface area contributed by atoms with Crippen molar-refractivity contribution in [3.63, 3.8) is 0 Å². The van der Waals surface area contributed by atoms with Gasteiger partial charge in [-0.05, 0) is 48.4 Å². The van der Waals surface area contributed by atoms with Crippen molar-refractivity contribution in [1.29, 1.82) is 0 Å². The smallest absolute Gasteiger partial charge is 0.542 e. The van der Waals surface area contributed by atoms with Gasteiger partial charge in [0.25, 0.3) is 0 Å². The molecular formula is C21H21CsN2O2S. The van der Waals surface area contributed by atoms with Gasteiger partial charge in [0.15, 0.2) is 0 Å². The molecule has 1 fully saturated rings. The van der Waals surface area contributed by atoms with Crippen LogP contribution in [-0.2, 0) is 11.3 Å². The molecule has 1 aromatic heterocycles. The zero-order chi connectivity index (χ0) is 17.8. The molecule has 3 aromatic rings. The van der Waals surface area contributed by atoms with E-state index in [4.69, 9.17) is 9.47 Å². The molecule has 27 heavy (non-hydrogen) atoms. The van der Waals surface area contributed by atoms with Crippen LogP contribution in [0.4, 0.5) is 0 Å².